The topological polar surface area (TPSA) is 394 Å². The van der Waals surface area contributed by atoms with Gasteiger partial charge in [0, 0.05) is 12.5 Å². The second-order valence-corrected chi connectivity index (χ2v) is 28.4. The highest BCUT2D eigenvalue weighted by Crippen LogP contribution is 2.41. The Balaban J connectivity index is 1.42. The molecule has 99 heavy (non-hydrogen) atoms. The van der Waals surface area contributed by atoms with Crippen molar-refractivity contribution >= 4 is 78.2 Å². The standard InChI is InChI=1S/C67H93N17O13S2/c1-14-21-28-49-55(98(12,89)90)59(81(77-49)47-37-43(61(85)93-30-23-16-3)35-44(38-47)62(86)94-31-24-17-4)75-73-53-51(41(8)9)79-83(57(53)68)65-70-66(72-67(71-65)97-34-27-20-7)84-58(69)54(52(80-84)42(10)11)74-76-60-56(99(13,91)92)50(29-22-15-2)78-82(60)48-39-45(63(87)95-32-25-18-5)36-46(40-48)64(88)96-33-26-19-6/h35-42H,14-34,68-69H2,1-13H3. The van der Waals surface area contributed by atoms with E-state index >= 15 is 0 Å². The lowest BCUT2D eigenvalue weighted by atomic mass is 10.1. The molecule has 5 heterocycles. The molecule has 0 bridgehead atoms. The Labute approximate surface area is 577 Å². The summed E-state index contributed by atoms with van der Waals surface area (Å²) in [5.74, 6) is -5.12. The van der Waals surface area contributed by atoms with Gasteiger partial charge in [-0.3, -0.25) is 0 Å². The molecule has 7 aromatic rings. The molecule has 7 rings (SSSR count). The molecule has 0 saturated carbocycles. The van der Waals surface area contributed by atoms with Crippen molar-refractivity contribution in [2.75, 3.05) is 57.0 Å². The van der Waals surface area contributed by atoms with Crippen molar-refractivity contribution in [2.24, 2.45) is 20.5 Å². The molecule has 30 nitrogen and oxygen atoms in total. The molecule has 0 spiro atoms. The Hall–Kier alpha value is -9.33. The zero-order valence-corrected chi connectivity index (χ0v) is 60.6. The van der Waals surface area contributed by atoms with Crippen LogP contribution in [0.1, 0.15) is 242 Å². The van der Waals surface area contributed by atoms with Crippen LogP contribution in [0, 0.1) is 0 Å². The van der Waals surface area contributed by atoms with Crippen molar-refractivity contribution in [2.45, 2.75) is 201 Å². The van der Waals surface area contributed by atoms with Crippen molar-refractivity contribution in [3.05, 3.63) is 81.4 Å². The first-order valence-electron chi connectivity index (χ1n) is 33.9. The lowest BCUT2D eigenvalue weighted by Gasteiger charge is -2.11. The number of benzene rings is 2. The second kappa shape index (κ2) is 35.4. The molecule has 0 saturated heterocycles. The summed E-state index contributed by atoms with van der Waals surface area (Å²) < 4.78 is 89.4. The van der Waals surface area contributed by atoms with E-state index in [1.807, 2.05) is 76.2 Å². The first kappa shape index (κ1) is 77.0. The number of aryl methyl sites for hydroxylation is 2. The van der Waals surface area contributed by atoms with Crippen molar-refractivity contribution in [3.63, 3.8) is 0 Å². The molecule has 0 aliphatic rings. The number of carbonyl (C=O) groups excluding carboxylic acids is 4. The van der Waals surface area contributed by atoms with Crippen LogP contribution >= 0.6 is 0 Å². The molecule has 0 radical (unpaired) electrons. The highest BCUT2D eigenvalue weighted by atomic mass is 32.2. The average Bonchev–Trinajstić information content (AvgIpc) is 1.64. The van der Waals surface area contributed by atoms with Crippen LogP contribution in [0.3, 0.4) is 0 Å². The van der Waals surface area contributed by atoms with Gasteiger partial charge in [-0.1, -0.05) is 121 Å². The lowest BCUT2D eigenvalue weighted by Crippen LogP contribution is -2.15. The van der Waals surface area contributed by atoms with Crippen molar-refractivity contribution in [1.82, 2.24) is 54.1 Å². The molecule has 0 fully saturated rings. The van der Waals surface area contributed by atoms with Gasteiger partial charge in [-0.25, -0.2) is 45.4 Å². The monoisotopic (exact) mass is 1410 g/mol. The zero-order valence-electron chi connectivity index (χ0n) is 59.0. The first-order chi connectivity index (χ1) is 47.2. The van der Waals surface area contributed by atoms with Gasteiger partial charge in [0.25, 0.3) is 11.9 Å². The molecule has 2 aromatic carbocycles. The third-order valence-electron chi connectivity index (χ3n) is 15.4. The summed E-state index contributed by atoms with van der Waals surface area (Å²) in [5, 5.41) is 37.8. The molecular formula is C67H93N17O13S2. The van der Waals surface area contributed by atoms with Gasteiger partial charge in [0.05, 0.1) is 89.4 Å². The number of hydrogen-bond donors (Lipinski definition) is 2. The zero-order chi connectivity index (χ0) is 72.3. The Kier molecular flexibility index (Phi) is 27.6. The van der Waals surface area contributed by atoms with Crippen LogP contribution in [0.25, 0.3) is 23.3 Å². The van der Waals surface area contributed by atoms with Gasteiger partial charge in [-0.05, 0) is 106 Å². The maximum absolute atomic E-state index is 14.0. The Morgan fingerprint density at radius 1 is 0.434 bits per heavy atom. The van der Waals surface area contributed by atoms with Crippen LogP contribution in [0.2, 0.25) is 0 Å². The van der Waals surface area contributed by atoms with Gasteiger partial charge < -0.3 is 35.2 Å². The van der Waals surface area contributed by atoms with Gasteiger partial charge in [0.15, 0.2) is 54.3 Å². The SMILES string of the molecule is CCCCOC(=O)c1cc(C(=O)OCCCC)cc(-n2nc(CCCC)c(S(C)(=O)=O)c2N=Nc2c(C(C)C)nn(-c3nc(OCCCC)nc(-n4nc(C(C)C)c(N=Nc5c(S(C)(=O)=O)c(CCCC)nn5-c5cc(C(=O)OCCCC)cc(C(=O)OCCCC)c5)c4N)n3)c2N)c1. The lowest BCUT2D eigenvalue weighted by molar-refractivity contribution is 0.0479. The molecule has 0 amide bonds. The van der Waals surface area contributed by atoms with Gasteiger partial charge in [-0.15, -0.1) is 20.5 Å². The minimum atomic E-state index is -4.16. The largest absolute Gasteiger partial charge is 0.463 e. The Bertz CT molecular complexity index is 3960. The van der Waals surface area contributed by atoms with Gasteiger partial charge in [-0.2, -0.15) is 44.7 Å². The van der Waals surface area contributed by atoms with Crippen LogP contribution in [-0.4, -0.2) is 140 Å². The number of azo groups is 2. The predicted octanol–water partition coefficient (Wildman–Crippen LogP) is 13.4. The van der Waals surface area contributed by atoms with Gasteiger partial charge in [0.1, 0.15) is 9.79 Å². The Morgan fingerprint density at radius 2 is 0.747 bits per heavy atom. The van der Waals surface area contributed by atoms with Gasteiger partial charge >= 0.3 is 29.9 Å². The molecule has 4 N–H and O–H groups in total. The van der Waals surface area contributed by atoms with Crippen molar-refractivity contribution < 1.29 is 59.7 Å². The fourth-order valence-corrected chi connectivity index (χ4v) is 12.0. The first-order valence-corrected chi connectivity index (χ1v) is 37.7. The normalized spacial score (nSPS) is 12.0. The van der Waals surface area contributed by atoms with E-state index in [0.717, 1.165) is 44.6 Å². The average molecular weight is 1410 g/mol. The number of ether oxygens (including phenoxy) is 5. The van der Waals surface area contributed by atoms with E-state index in [-0.39, 0.29) is 165 Å². The van der Waals surface area contributed by atoms with Crippen LogP contribution < -0.4 is 16.2 Å². The number of nitrogens with zero attached hydrogens (tertiary/aromatic N) is 15. The van der Waals surface area contributed by atoms with Crippen molar-refractivity contribution in [3.8, 4) is 29.3 Å². The van der Waals surface area contributed by atoms with E-state index in [2.05, 4.69) is 30.4 Å². The number of aromatic nitrogens is 11. The summed E-state index contributed by atoms with van der Waals surface area (Å²) in [7, 11) is -8.31. The minimum Gasteiger partial charge on any atom is -0.463 e. The smallest absolute Gasteiger partial charge is 0.338 e. The highest BCUT2D eigenvalue weighted by molar-refractivity contribution is 7.91. The van der Waals surface area contributed by atoms with Crippen LogP contribution in [0.4, 0.5) is 34.6 Å². The predicted molar refractivity (Wildman–Crippen MR) is 371 cm³/mol. The molecule has 0 atom stereocenters. The molecular weight excluding hydrogens is 1310 g/mol. The third-order valence-corrected chi connectivity index (χ3v) is 17.7. The van der Waals surface area contributed by atoms with E-state index in [1.165, 1.54) is 55.1 Å². The number of carbonyl (C=O) groups is 4. The molecule has 0 aliphatic heterocycles. The fraction of sp³-hybridized carbons (Fsp3) is 0.537. The summed E-state index contributed by atoms with van der Waals surface area (Å²) in [4.78, 5) is 68.2. The summed E-state index contributed by atoms with van der Waals surface area (Å²) in [6.07, 6.45) is 11.6. The number of rotatable bonds is 38. The quantitative estimate of drug-likeness (QED) is 0.0157. The van der Waals surface area contributed by atoms with Crippen LogP contribution in [-0.2, 0) is 51.5 Å². The van der Waals surface area contributed by atoms with E-state index in [9.17, 15) is 36.0 Å². The van der Waals surface area contributed by atoms with E-state index in [4.69, 9.17) is 60.5 Å². The highest BCUT2D eigenvalue weighted by Gasteiger charge is 2.33. The second-order valence-electron chi connectivity index (χ2n) is 24.5. The maximum Gasteiger partial charge on any atom is 0.338 e. The minimum absolute atomic E-state index is 0.0214. The molecule has 536 valence electrons. The van der Waals surface area contributed by atoms with E-state index < -0.39 is 55.4 Å². The number of anilines is 2. The van der Waals surface area contributed by atoms with E-state index in [0.29, 0.717) is 57.8 Å². The maximum atomic E-state index is 14.0. The fourth-order valence-electron chi connectivity index (χ4n) is 9.96. The Morgan fingerprint density at radius 3 is 1.04 bits per heavy atom. The number of hydrogen-bond acceptors (Lipinski definition) is 26. The number of sulfone groups is 2. The molecule has 5 aromatic heterocycles. The number of nitrogens with two attached hydrogens (primary N) is 2. The summed E-state index contributed by atoms with van der Waals surface area (Å²) >= 11 is 0. The number of unbranched alkanes of at least 4 members (excludes halogenated alkanes) is 7. The summed E-state index contributed by atoms with van der Waals surface area (Å²) in [5.41, 5.74) is 15.0. The van der Waals surface area contributed by atoms with Crippen LogP contribution in [0.15, 0.2) is 66.6 Å². The molecule has 32 heteroatoms. The third kappa shape index (κ3) is 19.3. The summed E-state index contributed by atoms with van der Waals surface area (Å²) in [6, 6.07) is 8.19. The van der Waals surface area contributed by atoms with Crippen molar-refractivity contribution in [1.29, 1.82) is 0 Å². The van der Waals surface area contributed by atoms with Crippen LogP contribution in [0.5, 0.6) is 6.01 Å². The van der Waals surface area contributed by atoms with E-state index in [1.54, 1.807) is 0 Å². The number of esters is 4. The molecule has 0 aliphatic carbocycles. The van der Waals surface area contributed by atoms with Gasteiger partial charge in [0.2, 0.25) is 0 Å². The summed E-state index contributed by atoms with van der Waals surface area (Å²) in [6.45, 7) is 21.5. The molecule has 0 unspecified atom stereocenters. The number of nitrogen functional groups attached to an aromatic ring is 2.